The molecule has 1 N–H and O–H groups in total. The SMILES string of the molecule is COc1ccccc1N1C(=O)N(C(C)=O)[C@@H]2[C@H]1Nc1ccccc1N2C. The first-order valence-electron chi connectivity index (χ1n) is 8.39. The number of amides is 3. The lowest BCUT2D eigenvalue weighted by molar-refractivity contribution is -0.126. The fourth-order valence-electron chi connectivity index (χ4n) is 3.75. The van der Waals surface area contributed by atoms with Gasteiger partial charge in [-0.05, 0) is 24.3 Å². The third kappa shape index (κ3) is 2.20. The van der Waals surface area contributed by atoms with Crippen molar-refractivity contribution in [3.8, 4) is 5.75 Å². The molecule has 0 bridgehead atoms. The van der Waals surface area contributed by atoms with Gasteiger partial charge < -0.3 is 15.0 Å². The number of likely N-dealkylation sites (N-methyl/N-ethyl adjacent to an activating group) is 1. The molecule has 134 valence electrons. The Morgan fingerprint density at radius 1 is 1.08 bits per heavy atom. The van der Waals surface area contributed by atoms with E-state index in [4.69, 9.17) is 4.74 Å². The second-order valence-electron chi connectivity index (χ2n) is 6.34. The fourth-order valence-corrected chi connectivity index (χ4v) is 3.75. The molecule has 0 spiro atoms. The van der Waals surface area contributed by atoms with Crippen LogP contribution in [-0.4, -0.2) is 43.3 Å². The van der Waals surface area contributed by atoms with E-state index in [1.807, 2.05) is 54.4 Å². The first-order chi connectivity index (χ1) is 12.5. The molecule has 7 nitrogen and oxygen atoms in total. The van der Waals surface area contributed by atoms with Crippen molar-refractivity contribution in [2.24, 2.45) is 0 Å². The van der Waals surface area contributed by atoms with E-state index in [1.165, 1.54) is 11.8 Å². The van der Waals surface area contributed by atoms with Crippen LogP contribution in [0.5, 0.6) is 5.75 Å². The summed E-state index contributed by atoms with van der Waals surface area (Å²) < 4.78 is 5.44. The predicted molar refractivity (Wildman–Crippen MR) is 99.4 cm³/mol. The van der Waals surface area contributed by atoms with E-state index in [9.17, 15) is 9.59 Å². The summed E-state index contributed by atoms with van der Waals surface area (Å²) in [6, 6.07) is 14.7. The molecule has 7 heteroatoms. The van der Waals surface area contributed by atoms with Crippen LogP contribution in [0.4, 0.5) is 21.9 Å². The van der Waals surface area contributed by atoms with Crippen molar-refractivity contribution in [3.05, 3.63) is 48.5 Å². The van der Waals surface area contributed by atoms with Crippen molar-refractivity contribution >= 4 is 29.0 Å². The zero-order valence-electron chi connectivity index (χ0n) is 14.8. The van der Waals surface area contributed by atoms with Crippen LogP contribution in [0.3, 0.4) is 0 Å². The zero-order valence-corrected chi connectivity index (χ0v) is 14.8. The number of hydrogen-bond donors (Lipinski definition) is 1. The van der Waals surface area contributed by atoms with Gasteiger partial charge in [0, 0.05) is 14.0 Å². The van der Waals surface area contributed by atoms with E-state index in [1.54, 1.807) is 18.1 Å². The van der Waals surface area contributed by atoms with Crippen LogP contribution < -0.4 is 19.9 Å². The average molecular weight is 352 g/mol. The summed E-state index contributed by atoms with van der Waals surface area (Å²) in [5, 5.41) is 3.42. The first-order valence-corrected chi connectivity index (χ1v) is 8.39. The molecule has 0 aromatic heterocycles. The molecule has 2 aromatic rings. The molecule has 0 radical (unpaired) electrons. The van der Waals surface area contributed by atoms with E-state index >= 15 is 0 Å². The van der Waals surface area contributed by atoms with Gasteiger partial charge in [0.05, 0.1) is 24.2 Å². The number of nitrogens with one attached hydrogen (secondary N) is 1. The number of para-hydroxylation sites is 4. The Bertz CT molecular complexity index is 885. The number of ether oxygens (including phenoxy) is 1. The number of carbonyl (C=O) groups is 2. The van der Waals surface area contributed by atoms with Crippen LogP contribution in [0.25, 0.3) is 0 Å². The van der Waals surface area contributed by atoms with Gasteiger partial charge in [-0.25, -0.2) is 9.69 Å². The van der Waals surface area contributed by atoms with Gasteiger partial charge in [-0.2, -0.15) is 0 Å². The molecule has 2 aliphatic rings. The molecule has 1 saturated heterocycles. The van der Waals surface area contributed by atoms with Crippen LogP contribution in [0, 0.1) is 0 Å². The van der Waals surface area contributed by atoms with Crippen molar-refractivity contribution in [3.63, 3.8) is 0 Å². The Hall–Kier alpha value is -3.22. The number of urea groups is 1. The molecule has 0 saturated carbocycles. The van der Waals surface area contributed by atoms with Gasteiger partial charge in [0.1, 0.15) is 11.9 Å². The largest absolute Gasteiger partial charge is 0.495 e. The number of rotatable bonds is 2. The fraction of sp³-hybridized carbons (Fsp3) is 0.263. The molecular weight excluding hydrogens is 332 g/mol. The van der Waals surface area contributed by atoms with Gasteiger partial charge >= 0.3 is 6.03 Å². The molecule has 26 heavy (non-hydrogen) atoms. The maximum atomic E-state index is 13.2. The van der Waals surface area contributed by atoms with Crippen LogP contribution in [-0.2, 0) is 4.79 Å². The molecule has 2 atom stereocenters. The maximum Gasteiger partial charge on any atom is 0.335 e. The molecule has 3 amide bonds. The van der Waals surface area contributed by atoms with E-state index < -0.39 is 12.3 Å². The quantitative estimate of drug-likeness (QED) is 0.900. The van der Waals surface area contributed by atoms with Crippen molar-refractivity contribution < 1.29 is 14.3 Å². The number of methoxy groups -OCH3 is 1. The van der Waals surface area contributed by atoms with Gasteiger partial charge in [0.15, 0.2) is 6.17 Å². The summed E-state index contributed by atoms with van der Waals surface area (Å²) in [7, 11) is 3.46. The molecule has 2 aromatic carbocycles. The molecular formula is C19H20N4O3. The van der Waals surface area contributed by atoms with E-state index in [0.29, 0.717) is 11.4 Å². The summed E-state index contributed by atoms with van der Waals surface area (Å²) >= 11 is 0. The average Bonchev–Trinajstić information content (AvgIpc) is 2.94. The molecule has 0 aliphatic carbocycles. The number of hydrogen-bond acceptors (Lipinski definition) is 5. The van der Waals surface area contributed by atoms with Crippen molar-refractivity contribution in [1.82, 2.24) is 4.90 Å². The molecule has 2 heterocycles. The van der Waals surface area contributed by atoms with Gasteiger partial charge in [0.25, 0.3) is 0 Å². The Labute approximate surface area is 151 Å². The Morgan fingerprint density at radius 2 is 1.73 bits per heavy atom. The third-order valence-corrected chi connectivity index (χ3v) is 4.91. The van der Waals surface area contributed by atoms with Gasteiger partial charge in [0.2, 0.25) is 5.91 Å². The highest BCUT2D eigenvalue weighted by Gasteiger charge is 2.53. The molecule has 1 fully saturated rings. The number of carbonyl (C=O) groups excluding carboxylic acids is 2. The highest BCUT2D eigenvalue weighted by Crippen LogP contribution is 2.42. The normalized spacial score (nSPS) is 21.2. The Kier molecular flexibility index (Phi) is 3.72. The van der Waals surface area contributed by atoms with Crippen molar-refractivity contribution in [2.75, 3.05) is 29.3 Å². The molecule has 2 aliphatic heterocycles. The van der Waals surface area contributed by atoms with Crippen LogP contribution in [0.2, 0.25) is 0 Å². The zero-order chi connectivity index (χ0) is 18.4. The summed E-state index contributed by atoms with van der Waals surface area (Å²) in [5.41, 5.74) is 2.48. The van der Waals surface area contributed by atoms with Crippen molar-refractivity contribution in [1.29, 1.82) is 0 Å². The van der Waals surface area contributed by atoms with E-state index in [-0.39, 0.29) is 11.9 Å². The minimum atomic E-state index is -0.459. The van der Waals surface area contributed by atoms with Crippen LogP contribution in [0.15, 0.2) is 48.5 Å². The smallest absolute Gasteiger partial charge is 0.335 e. The number of nitrogens with zero attached hydrogens (tertiary/aromatic N) is 3. The van der Waals surface area contributed by atoms with Crippen LogP contribution in [0.1, 0.15) is 6.92 Å². The predicted octanol–water partition coefficient (Wildman–Crippen LogP) is 2.70. The first kappa shape index (κ1) is 16.3. The summed E-state index contributed by atoms with van der Waals surface area (Å²) in [6.07, 6.45) is -0.887. The Balaban J connectivity index is 1.87. The summed E-state index contributed by atoms with van der Waals surface area (Å²) in [5.74, 6) is 0.281. The number of imide groups is 1. The van der Waals surface area contributed by atoms with Gasteiger partial charge in [-0.1, -0.05) is 24.3 Å². The molecule has 4 rings (SSSR count). The highest BCUT2D eigenvalue weighted by molar-refractivity contribution is 6.07. The minimum absolute atomic E-state index is 0.296. The van der Waals surface area contributed by atoms with Crippen LogP contribution >= 0.6 is 0 Å². The van der Waals surface area contributed by atoms with Gasteiger partial charge in [-0.15, -0.1) is 0 Å². The summed E-state index contributed by atoms with van der Waals surface area (Å²) in [6.45, 7) is 1.41. The third-order valence-electron chi connectivity index (χ3n) is 4.91. The number of anilines is 3. The molecule has 0 unspecified atom stereocenters. The topological polar surface area (TPSA) is 65.1 Å². The lowest BCUT2D eigenvalue weighted by Crippen LogP contribution is -2.56. The van der Waals surface area contributed by atoms with Gasteiger partial charge in [-0.3, -0.25) is 9.69 Å². The standard InChI is InChI=1S/C19H20N4O3/c1-12(24)22-18-17(20-13-8-4-5-9-14(13)21(18)2)23(19(22)25)15-10-6-7-11-16(15)26-3/h4-11,17-18,20H,1-3H3/t17-,18+/m0/s1. The second-order valence-corrected chi connectivity index (χ2v) is 6.34. The van der Waals surface area contributed by atoms with E-state index in [2.05, 4.69) is 5.32 Å². The second kappa shape index (κ2) is 5.94. The number of benzene rings is 2. The van der Waals surface area contributed by atoms with E-state index in [0.717, 1.165) is 11.4 Å². The lowest BCUT2D eigenvalue weighted by atomic mass is 10.1. The van der Waals surface area contributed by atoms with Crippen molar-refractivity contribution in [2.45, 2.75) is 19.3 Å². The Morgan fingerprint density at radius 3 is 2.42 bits per heavy atom. The minimum Gasteiger partial charge on any atom is -0.495 e. The lowest BCUT2D eigenvalue weighted by Gasteiger charge is -2.41. The summed E-state index contributed by atoms with van der Waals surface area (Å²) in [4.78, 5) is 30.3. The highest BCUT2D eigenvalue weighted by atomic mass is 16.5. The number of fused-ring (bicyclic) bond motifs is 2. The maximum absolute atomic E-state index is 13.2. The monoisotopic (exact) mass is 352 g/mol.